The minimum Gasteiger partial charge on any atom is -0.486 e. The second-order valence-electron chi connectivity index (χ2n) is 10.8. The first-order valence-electron chi connectivity index (χ1n) is 14.3. The van der Waals surface area contributed by atoms with Gasteiger partial charge < -0.3 is 34.5 Å². The Morgan fingerprint density at radius 3 is 2.90 bits per heavy atom. The summed E-state index contributed by atoms with van der Waals surface area (Å²) in [5.41, 5.74) is 2.98. The molecule has 1 atom stereocenters. The van der Waals surface area contributed by atoms with Gasteiger partial charge in [-0.05, 0) is 61.1 Å². The summed E-state index contributed by atoms with van der Waals surface area (Å²) in [5, 5.41) is 17.1. The number of oxazole rings is 1. The van der Waals surface area contributed by atoms with E-state index in [1.807, 2.05) is 18.0 Å². The maximum absolute atomic E-state index is 13.1. The number of pyridine rings is 1. The molecule has 1 aliphatic heterocycles. The molecule has 41 heavy (non-hydrogen) atoms. The number of nitrogens with one attached hydrogen (secondary N) is 2. The average molecular weight is 565 g/mol. The van der Waals surface area contributed by atoms with Crippen LogP contribution in [-0.4, -0.2) is 85.0 Å². The molecule has 3 N–H and O–H groups in total. The van der Waals surface area contributed by atoms with Crippen molar-refractivity contribution in [1.29, 1.82) is 0 Å². The summed E-state index contributed by atoms with van der Waals surface area (Å²) in [5.74, 6) is 2.65. The molecule has 0 radical (unpaired) electrons. The highest BCUT2D eigenvalue weighted by atomic mass is 16.5. The molecule has 0 spiro atoms. The number of nitrogens with zero attached hydrogens (tertiary/aromatic N) is 4. The van der Waals surface area contributed by atoms with Crippen molar-refractivity contribution in [2.24, 2.45) is 0 Å². The highest BCUT2D eigenvalue weighted by Gasteiger charge is 2.22. The Morgan fingerprint density at radius 1 is 1.27 bits per heavy atom. The number of methoxy groups -OCH3 is 1. The number of benzene rings is 1. The molecule has 220 valence electrons. The lowest BCUT2D eigenvalue weighted by Gasteiger charge is -2.30. The van der Waals surface area contributed by atoms with Crippen molar-refractivity contribution in [2.75, 3.05) is 57.2 Å². The number of hydrogen-bond acceptors (Lipinski definition) is 10. The summed E-state index contributed by atoms with van der Waals surface area (Å²) in [6.45, 7) is 3.75. The molecule has 0 saturated heterocycles. The lowest BCUT2D eigenvalue weighted by Crippen LogP contribution is -2.42. The largest absolute Gasteiger partial charge is 0.486 e. The van der Waals surface area contributed by atoms with Gasteiger partial charge in [0.25, 0.3) is 5.91 Å². The van der Waals surface area contributed by atoms with Gasteiger partial charge in [0.2, 0.25) is 0 Å². The highest BCUT2D eigenvalue weighted by Crippen LogP contribution is 2.26. The number of rotatable bonds is 14. The smallest absolute Gasteiger partial charge is 0.251 e. The van der Waals surface area contributed by atoms with E-state index < -0.39 is 6.10 Å². The van der Waals surface area contributed by atoms with E-state index >= 15 is 0 Å². The summed E-state index contributed by atoms with van der Waals surface area (Å²) in [7, 11) is 3.60. The van der Waals surface area contributed by atoms with Gasteiger partial charge in [-0.25, -0.2) is 9.97 Å². The van der Waals surface area contributed by atoms with E-state index in [9.17, 15) is 9.90 Å². The highest BCUT2D eigenvalue weighted by molar-refractivity contribution is 5.95. The molecule has 1 saturated carbocycles. The molecule has 3 aromatic rings. The van der Waals surface area contributed by atoms with Gasteiger partial charge in [0.15, 0.2) is 12.2 Å². The summed E-state index contributed by atoms with van der Waals surface area (Å²) >= 11 is 0. The molecular formula is C30H40N6O5. The molecule has 11 heteroatoms. The molecular weight excluding hydrogens is 524 g/mol. The first-order chi connectivity index (χ1) is 20.0. The van der Waals surface area contributed by atoms with Gasteiger partial charge in [0.05, 0.1) is 18.9 Å². The van der Waals surface area contributed by atoms with Crippen LogP contribution in [-0.2, 0) is 24.3 Å². The summed E-state index contributed by atoms with van der Waals surface area (Å²) in [6, 6.07) is 10.1. The fourth-order valence-corrected chi connectivity index (χ4v) is 5.00. The summed E-state index contributed by atoms with van der Waals surface area (Å²) in [6.07, 6.45) is 6.64. The number of carbonyl (C=O) groups is 1. The van der Waals surface area contributed by atoms with Crippen LogP contribution in [0.3, 0.4) is 0 Å². The molecule has 3 heterocycles. The monoisotopic (exact) mass is 564 g/mol. The predicted molar refractivity (Wildman–Crippen MR) is 155 cm³/mol. The van der Waals surface area contributed by atoms with E-state index in [0.29, 0.717) is 55.3 Å². The van der Waals surface area contributed by atoms with Crippen LogP contribution in [0.1, 0.15) is 46.5 Å². The lowest BCUT2D eigenvalue weighted by atomic mass is 9.93. The Kier molecular flexibility index (Phi) is 9.71. The number of ether oxygens (including phenoxy) is 2. The summed E-state index contributed by atoms with van der Waals surface area (Å²) in [4.78, 5) is 25.9. The summed E-state index contributed by atoms with van der Waals surface area (Å²) < 4.78 is 16.3. The van der Waals surface area contributed by atoms with Gasteiger partial charge in [0.1, 0.15) is 24.0 Å². The van der Waals surface area contributed by atoms with E-state index in [4.69, 9.17) is 18.9 Å². The van der Waals surface area contributed by atoms with Crippen molar-refractivity contribution >= 4 is 17.5 Å². The quantitative estimate of drug-likeness (QED) is 0.269. The second kappa shape index (κ2) is 13.8. The third-order valence-electron chi connectivity index (χ3n) is 7.65. The van der Waals surface area contributed by atoms with Crippen LogP contribution < -0.4 is 20.3 Å². The van der Waals surface area contributed by atoms with Gasteiger partial charge in [-0.15, -0.1) is 0 Å². The van der Waals surface area contributed by atoms with Gasteiger partial charge in [0, 0.05) is 58.5 Å². The lowest BCUT2D eigenvalue weighted by molar-refractivity contribution is 0.0841. The maximum Gasteiger partial charge on any atom is 0.251 e. The maximum atomic E-state index is 13.1. The van der Waals surface area contributed by atoms with Gasteiger partial charge in [-0.3, -0.25) is 9.69 Å². The van der Waals surface area contributed by atoms with E-state index in [1.165, 1.54) is 23.9 Å². The number of carbonyl (C=O) groups excluding carboxylic acids is 1. The van der Waals surface area contributed by atoms with Crippen molar-refractivity contribution in [3.63, 3.8) is 0 Å². The zero-order chi connectivity index (χ0) is 28.6. The first-order valence-corrected chi connectivity index (χ1v) is 14.3. The van der Waals surface area contributed by atoms with Gasteiger partial charge in [-0.1, -0.05) is 6.07 Å². The van der Waals surface area contributed by atoms with Crippen molar-refractivity contribution in [2.45, 2.75) is 51.0 Å². The Balaban J connectivity index is 1.13. The third kappa shape index (κ3) is 7.96. The molecule has 5 rings (SSSR count). The molecule has 1 aliphatic carbocycles. The Morgan fingerprint density at radius 2 is 2.15 bits per heavy atom. The van der Waals surface area contributed by atoms with E-state index in [0.717, 1.165) is 38.1 Å². The third-order valence-corrected chi connectivity index (χ3v) is 7.65. The minimum absolute atomic E-state index is 0.166. The minimum atomic E-state index is -0.691. The number of fused-ring (bicyclic) bond motifs is 1. The number of likely N-dealkylation sites (N-methyl/N-ethyl adjacent to an activating group) is 1. The van der Waals surface area contributed by atoms with E-state index in [-0.39, 0.29) is 12.5 Å². The Hall–Kier alpha value is -3.67. The van der Waals surface area contributed by atoms with Crippen LogP contribution in [0.5, 0.6) is 5.75 Å². The van der Waals surface area contributed by atoms with Crippen molar-refractivity contribution in [3.05, 3.63) is 65.4 Å². The zero-order valence-corrected chi connectivity index (χ0v) is 23.8. The molecule has 0 bridgehead atoms. The fraction of sp³-hybridized carbons (Fsp3) is 0.500. The molecule has 1 aromatic carbocycles. The molecule has 11 nitrogen and oxygen atoms in total. The molecule has 0 unspecified atom stereocenters. The number of aliphatic hydroxyl groups is 1. The normalized spacial score (nSPS) is 16.0. The zero-order valence-electron chi connectivity index (χ0n) is 23.8. The van der Waals surface area contributed by atoms with Crippen molar-refractivity contribution in [3.8, 4) is 5.75 Å². The molecule has 1 fully saturated rings. The predicted octanol–water partition coefficient (Wildman–Crippen LogP) is 2.84. The SMILES string of the molecule is COCCN(C)c1cc(C(=O)NC[C@H](O)CN2CCc3cc(OCc4cnco4)ccc3C2)cc(NC2CCC2)n1. The Bertz CT molecular complexity index is 1280. The van der Waals surface area contributed by atoms with Gasteiger partial charge in [-0.2, -0.15) is 0 Å². The van der Waals surface area contributed by atoms with E-state index in [1.54, 1.807) is 25.4 Å². The molecule has 1 amide bonds. The Labute approximate surface area is 240 Å². The number of anilines is 2. The van der Waals surface area contributed by atoms with Crippen LogP contribution in [0.2, 0.25) is 0 Å². The number of aromatic nitrogens is 2. The van der Waals surface area contributed by atoms with Crippen molar-refractivity contribution < 1.29 is 23.8 Å². The first kappa shape index (κ1) is 28.8. The average Bonchev–Trinajstić information content (AvgIpc) is 3.49. The standard InChI is InChI=1S/C30H40N6O5/c1-35(10-11-39-2)29-14-23(13-28(34-29)33-24-4-3-5-24)30(38)32-15-25(37)18-36-9-8-21-12-26(7-6-22(21)17-36)40-19-27-16-31-20-41-27/h6-7,12-14,16,20,24-25,37H,3-5,8-11,15,17-19H2,1-2H3,(H,32,38)(H,33,34)/t25-/m0/s1. The van der Waals surface area contributed by atoms with Crippen LogP contribution in [0.15, 0.2) is 47.3 Å². The fourth-order valence-electron chi connectivity index (χ4n) is 5.00. The van der Waals surface area contributed by atoms with Crippen LogP contribution in [0, 0.1) is 0 Å². The molecule has 2 aromatic heterocycles. The molecule has 2 aliphatic rings. The van der Waals surface area contributed by atoms with E-state index in [2.05, 4.69) is 32.7 Å². The number of amides is 1. The second-order valence-corrected chi connectivity index (χ2v) is 10.8. The number of β-amino-alcohol motifs (C(OH)–C–C–N with tert-alkyl or cyclic N) is 1. The van der Waals surface area contributed by atoms with Crippen LogP contribution in [0.25, 0.3) is 0 Å². The topological polar surface area (TPSA) is 125 Å². The van der Waals surface area contributed by atoms with Crippen molar-refractivity contribution in [1.82, 2.24) is 20.2 Å². The van der Waals surface area contributed by atoms with Gasteiger partial charge >= 0.3 is 0 Å². The number of hydrogen-bond donors (Lipinski definition) is 3. The number of aliphatic hydroxyl groups excluding tert-OH is 1. The van der Waals surface area contributed by atoms with Crippen LogP contribution >= 0.6 is 0 Å². The van der Waals surface area contributed by atoms with Crippen LogP contribution in [0.4, 0.5) is 11.6 Å².